The van der Waals surface area contributed by atoms with Gasteiger partial charge in [0.25, 0.3) is 0 Å². The third-order valence-corrected chi connectivity index (χ3v) is 4.85. The van der Waals surface area contributed by atoms with Gasteiger partial charge in [0.2, 0.25) is 5.91 Å². The summed E-state index contributed by atoms with van der Waals surface area (Å²) in [7, 11) is 1.92. The number of amides is 1. The van der Waals surface area contributed by atoms with Crippen molar-refractivity contribution in [2.75, 3.05) is 13.6 Å². The third-order valence-electron chi connectivity index (χ3n) is 4.85. The van der Waals surface area contributed by atoms with E-state index < -0.39 is 0 Å². The van der Waals surface area contributed by atoms with Gasteiger partial charge >= 0.3 is 0 Å². The number of carbonyl (C=O) groups excluding carboxylic acids is 1. The van der Waals surface area contributed by atoms with Gasteiger partial charge in [-0.15, -0.1) is 0 Å². The molecule has 0 saturated heterocycles. The van der Waals surface area contributed by atoms with Crippen LogP contribution >= 0.6 is 0 Å². The molecule has 1 aromatic rings. The summed E-state index contributed by atoms with van der Waals surface area (Å²) < 4.78 is 0. The molecule has 20 heavy (non-hydrogen) atoms. The van der Waals surface area contributed by atoms with Gasteiger partial charge in [-0.05, 0) is 50.3 Å². The lowest BCUT2D eigenvalue weighted by Crippen LogP contribution is -2.38. The van der Waals surface area contributed by atoms with Crippen molar-refractivity contribution in [3.8, 4) is 0 Å². The van der Waals surface area contributed by atoms with Crippen molar-refractivity contribution < 1.29 is 4.79 Å². The molecule has 3 nitrogen and oxygen atoms in total. The van der Waals surface area contributed by atoms with Crippen LogP contribution in [0.4, 0.5) is 0 Å². The summed E-state index contributed by atoms with van der Waals surface area (Å²) in [5.74, 6) is 0.749. The van der Waals surface area contributed by atoms with Crippen LogP contribution in [0.2, 0.25) is 0 Å². The van der Waals surface area contributed by atoms with Gasteiger partial charge in [0.1, 0.15) is 0 Å². The highest BCUT2D eigenvalue weighted by molar-refractivity contribution is 5.79. The number of nitrogens with zero attached hydrogens (tertiary/aromatic N) is 1. The van der Waals surface area contributed by atoms with E-state index in [9.17, 15) is 4.79 Å². The van der Waals surface area contributed by atoms with Gasteiger partial charge in [0.05, 0.1) is 6.04 Å². The second kappa shape index (κ2) is 6.40. The van der Waals surface area contributed by atoms with E-state index in [2.05, 4.69) is 26.0 Å². The smallest absolute Gasteiger partial charge is 0.226 e. The quantitative estimate of drug-likeness (QED) is 0.917. The normalized spacial score (nSPS) is 23.6. The van der Waals surface area contributed by atoms with Crippen molar-refractivity contribution in [2.24, 2.45) is 17.6 Å². The molecule has 0 spiro atoms. The highest BCUT2D eigenvalue weighted by atomic mass is 16.2. The molecule has 0 heterocycles. The van der Waals surface area contributed by atoms with E-state index in [1.54, 1.807) is 0 Å². The van der Waals surface area contributed by atoms with Crippen LogP contribution in [0.1, 0.15) is 43.4 Å². The van der Waals surface area contributed by atoms with E-state index in [1.165, 1.54) is 11.1 Å². The Morgan fingerprint density at radius 3 is 2.75 bits per heavy atom. The fraction of sp³-hybridized carbons (Fsp3) is 0.588. The van der Waals surface area contributed by atoms with Crippen molar-refractivity contribution in [3.05, 3.63) is 35.4 Å². The van der Waals surface area contributed by atoms with E-state index >= 15 is 0 Å². The zero-order valence-corrected chi connectivity index (χ0v) is 12.8. The topological polar surface area (TPSA) is 46.3 Å². The van der Waals surface area contributed by atoms with Crippen molar-refractivity contribution in [1.29, 1.82) is 0 Å². The van der Waals surface area contributed by atoms with Crippen LogP contribution in [0.25, 0.3) is 0 Å². The van der Waals surface area contributed by atoms with E-state index in [-0.39, 0.29) is 17.9 Å². The maximum Gasteiger partial charge on any atom is 0.226 e. The molecule has 0 radical (unpaired) electrons. The highest BCUT2D eigenvalue weighted by Gasteiger charge is 2.35. The molecular formula is C17H26N2O. The SMILES string of the molecule is Cc1ccccc1C(C)N(C)C(=O)[C@@H]1CCC[C@@H]1CN. The largest absolute Gasteiger partial charge is 0.339 e. The highest BCUT2D eigenvalue weighted by Crippen LogP contribution is 2.34. The lowest BCUT2D eigenvalue weighted by Gasteiger charge is -2.30. The summed E-state index contributed by atoms with van der Waals surface area (Å²) >= 11 is 0. The molecule has 0 aromatic heterocycles. The Morgan fingerprint density at radius 1 is 1.40 bits per heavy atom. The number of hydrogen-bond acceptors (Lipinski definition) is 2. The summed E-state index contributed by atoms with van der Waals surface area (Å²) in [4.78, 5) is 14.6. The minimum Gasteiger partial charge on any atom is -0.339 e. The number of hydrogen-bond donors (Lipinski definition) is 1. The Balaban J connectivity index is 2.12. The first-order chi connectivity index (χ1) is 9.56. The predicted octanol–water partition coefficient (Wildman–Crippen LogP) is 2.89. The maximum atomic E-state index is 12.7. The fourth-order valence-electron chi connectivity index (χ4n) is 3.36. The van der Waals surface area contributed by atoms with E-state index in [1.807, 2.05) is 24.1 Å². The monoisotopic (exact) mass is 274 g/mol. The number of carbonyl (C=O) groups is 1. The molecule has 1 aliphatic rings. The molecule has 0 aliphatic heterocycles. The lowest BCUT2D eigenvalue weighted by molar-refractivity contribution is -0.137. The zero-order valence-electron chi connectivity index (χ0n) is 12.8. The molecule has 3 atom stereocenters. The van der Waals surface area contributed by atoms with Crippen molar-refractivity contribution in [1.82, 2.24) is 4.90 Å². The molecule has 2 rings (SSSR count). The van der Waals surface area contributed by atoms with Crippen LogP contribution in [0.3, 0.4) is 0 Å². The van der Waals surface area contributed by atoms with Crippen molar-refractivity contribution in [3.63, 3.8) is 0 Å². The first-order valence-corrected chi connectivity index (χ1v) is 7.58. The number of nitrogens with two attached hydrogens (primary N) is 1. The first-order valence-electron chi connectivity index (χ1n) is 7.58. The van der Waals surface area contributed by atoms with Gasteiger partial charge in [-0.1, -0.05) is 30.7 Å². The molecule has 1 aromatic carbocycles. The average Bonchev–Trinajstić information content (AvgIpc) is 2.94. The van der Waals surface area contributed by atoms with Crippen molar-refractivity contribution >= 4 is 5.91 Å². The van der Waals surface area contributed by atoms with Crippen LogP contribution in [0, 0.1) is 18.8 Å². The van der Waals surface area contributed by atoms with Gasteiger partial charge < -0.3 is 10.6 Å². The minimum atomic E-state index is 0.114. The van der Waals surface area contributed by atoms with Gasteiger partial charge in [-0.25, -0.2) is 0 Å². The standard InChI is InChI=1S/C17H26N2O/c1-12-7-4-5-9-15(12)13(2)19(3)17(20)16-10-6-8-14(16)11-18/h4-5,7,9,13-14,16H,6,8,10-11,18H2,1-3H3/t13?,14-,16-/m1/s1. The second-order valence-corrected chi connectivity index (χ2v) is 6.01. The molecule has 1 aliphatic carbocycles. The van der Waals surface area contributed by atoms with Crippen LogP contribution in [-0.2, 0) is 4.79 Å². The van der Waals surface area contributed by atoms with Crippen molar-refractivity contribution in [2.45, 2.75) is 39.2 Å². The molecule has 1 saturated carbocycles. The van der Waals surface area contributed by atoms with E-state index in [0.717, 1.165) is 19.3 Å². The molecule has 1 unspecified atom stereocenters. The maximum absolute atomic E-state index is 12.7. The number of benzene rings is 1. The third kappa shape index (κ3) is 2.88. The summed E-state index contributed by atoms with van der Waals surface area (Å²) in [6, 6.07) is 8.40. The number of rotatable bonds is 4. The summed E-state index contributed by atoms with van der Waals surface area (Å²) in [6.45, 7) is 4.83. The second-order valence-electron chi connectivity index (χ2n) is 6.01. The predicted molar refractivity (Wildman–Crippen MR) is 82.2 cm³/mol. The van der Waals surface area contributed by atoms with Crippen LogP contribution in [0.5, 0.6) is 0 Å². The minimum absolute atomic E-state index is 0.114. The molecule has 1 amide bonds. The molecule has 2 N–H and O–H groups in total. The first kappa shape index (κ1) is 15.0. The summed E-state index contributed by atoms with van der Waals surface area (Å²) in [5.41, 5.74) is 8.27. The average molecular weight is 274 g/mol. The Kier molecular flexibility index (Phi) is 4.81. The molecule has 110 valence electrons. The Morgan fingerprint density at radius 2 is 2.10 bits per heavy atom. The Hall–Kier alpha value is -1.35. The summed E-state index contributed by atoms with van der Waals surface area (Å²) in [6.07, 6.45) is 3.22. The summed E-state index contributed by atoms with van der Waals surface area (Å²) in [5, 5.41) is 0. The van der Waals surface area contributed by atoms with Crippen LogP contribution in [-0.4, -0.2) is 24.4 Å². The van der Waals surface area contributed by atoms with Crippen LogP contribution < -0.4 is 5.73 Å². The molecular weight excluding hydrogens is 248 g/mol. The van der Waals surface area contributed by atoms with Gasteiger partial charge in [-0.3, -0.25) is 4.79 Å². The lowest BCUT2D eigenvalue weighted by atomic mass is 9.93. The van der Waals surface area contributed by atoms with Gasteiger partial charge in [-0.2, -0.15) is 0 Å². The molecule has 1 fully saturated rings. The van der Waals surface area contributed by atoms with Crippen LogP contribution in [0.15, 0.2) is 24.3 Å². The van der Waals surface area contributed by atoms with Gasteiger partial charge in [0, 0.05) is 13.0 Å². The zero-order chi connectivity index (χ0) is 14.7. The Labute approximate surface area is 122 Å². The van der Waals surface area contributed by atoms with E-state index in [4.69, 9.17) is 5.73 Å². The van der Waals surface area contributed by atoms with E-state index in [0.29, 0.717) is 12.5 Å². The van der Waals surface area contributed by atoms with Gasteiger partial charge in [0.15, 0.2) is 0 Å². The Bertz CT molecular complexity index is 472. The molecule has 3 heteroatoms. The number of aryl methyl sites for hydroxylation is 1. The fourth-order valence-corrected chi connectivity index (χ4v) is 3.36. The molecule has 0 bridgehead atoms.